The van der Waals surface area contributed by atoms with Crippen molar-refractivity contribution in [2.24, 2.45) is 5.73 Å². The molecule has 0 aliphatic heterocycles. The van der Waals surface area contributed by atoms with Crippen LogP contribution in [-0.4, -0.2) is 12.5 Å². The zero-order valence-electron chi connectivity index (χ0n) is 12.2. The van der Waals surface area contributed by atoms with Crippen molar-refractivity contribution in [3.63, 3.8) is 0 Å². The van der Waals surface area contributed by atoms with Crippen molar-refractivity contribution in [2.45, 2.75) is 39.0 Å². The van der Waals surface area contributed by atoms with Crippen LogP contribution in [0.25, 0.3) is 0 Å². The number of hydrogen-bond donors (Lipinski definition) is 1. The van der Waals surface area contributed by atoms with Gasteiger partial charge in [0.05, 0.1) is 0 Å². The van der Waals surface area contributed by atoms with Crippen molar-refractivity contribution in [2.75, 3.05) is 6.61 Å². The van der Waals surface area contributed by atoms with E-state index in [1.165, 1.54) is 19.3 Å². The number of benzene rings is 1. The van der Waals surface area contributed by atoms with Crippen LogP contribution in [0.4, 0.5) is 8.78 Å². The second-order valence-corrected chi connectivity index (χ2v) is 4.73. The molecule has 2 N–H and O–H groups in total. The fourth-order valence-corrected chi connectivity index (χ4v) is 1.88. The van der Waals surface area contributed by atoms with Crippen LogP contribution in [0.3, 0.4) is 0 Å². The van der Waals surface area contributed by atoms with Gasteiger partial charge in [-0.3, -0.25) is 4.79 Å². The number of carbonyl (C=O) groups excluding carboxylic acids is 1. The van der Waals surface area contributed by atoms with Crippen LogP contribution in [0.1, 0.15) is 49.4 Å². The Morgan fingerprint density at radius 1 is 1.24 bits per heavy atom. The molecule has 0 atom stereocenters. The number of carbonyl (C=O) groups is 1. The molecule has 0 radical (unpaired) electrons. The minimum atomic E-state index is -1.15. The molecule has 1 aromatic carbocycles. The van der Waals surface area contributed by atoms with Crippen molar-refractivity contribution in [1.29, 1.82) is 0 Å². The predicted molar refractivity (Wildman–Crippen MR) is 78.3 cm³/mol. The van der Waals surface area contributed by atoms with Crippen LogP contribution in [0.2, 0.25) is 0 Å². The van der Waals surface area contributed by atoms with Crippen LogP contribution in [0.5, 0.6) is 5.75 Å². The Labute approximate surface area is 123 Å². The van der Waals surface area contributed by atoms with Gasteiger partial charge in [0.2, 0.25) is 0 Å². The summed E-state index contributed by atoms with van der Waals surface area (Å²) < 4.78 is 32.2. The zero-order chi connectivity index (χ0) is 15.7. The SMILES string of the molecule is CCCCCCC=CCOc1ccc(F)c(C(N)=O)c1F. The number of hydrogen-bond acceptors (Lipinski definition) is 2. The third kappa shape index (κ3) is 5.53. The lowest BCUT2D eigenvalue weighted by atomic mass is 10.1. The highest BCUT2D eigenvalue weighted by Gasteiger charge is 2.18. The molecule has 0 saturated heterocycles. The van der Waals surface area contributed by atoms with Crippen molar-refractivity contribution in [3.8, 4) is 5.75 Å². The van der Waals surface area contributed by atoms with Crippen LogP contribution < -0.4 is 10.5 Å². The first-order chi connectivity index (χ1) is 10.1. The molecule has 3 nitrogen and oxygen atoms in total. The van der Waals surface area contributed by atoms with Crippen LogP contribution in [0, 0.1) is 11.6 Å². The molecule has 1 rings (SSSR count). The standard InChI is InChI=1S/C16H21F2NO2/c1-2-3-4-5-6-7-8-11-21-13-10-9-12(17)14(15(13)18)16(19)20/h7-10H,2-6,11H2,1H3,(H2,19,20). The average molecular weight is 297 g/mol. The summed E-state index contributed by atoms with van der Waals surface area (Å²) in [5.74, 6) is -3.37. The number of unbranched alkanes of at least 4 members (excludes halogenated alkanes) is 4. The molecule has 0 aromatic heterocycles. The lowest BCUT2D eigenvalue weighted by molar-refractivity contribution is 0.0991. The lowest BCUT2D eigenvalue weighted by Gasteiger charge is -2.07. The van der Waals surface area contributed by atoms with Crippen LogP contribution in [-0.2, 0) is 0 Å². The Hall–Kier alpha value is -1.91. The van der Waals surface area contributed by atoms with Crippen LogP contribution >= 0.6 is 0 Å². The highest BCUT2D eigenvalue weighted by Crippen LogP contribution is 2.22. The Morgan fingerprint density at radius 3 is 2.67 bits per heavy atom. The molecule has 0 aliphatic carbocycles. The number of rotatable bonds is 9. The fraction of sp³-hybridized carbons (Fsp3) is 0.438. The van der Waals surface area contributed by atoms with Gasteiger partial charge < -0.3 is 10.5 Å². The summed E-state index contributed by atoms with van der Waals surface area (Å²) in [5, 5.41) is 0. The highest BCUT2D eigenvalue weighted by molar-refractivity contribution is 5.93. The average Bonchev–Trinajstić information content (AvgIpc) is 2.43. The van der Waals surface area contributed by atoms with E-state index >= 15 is 0 Å². The zero-order valence-corrected chi connectivity index (χ0v) is 12.2. The summed E-state index contributed by atoms with van der Waals surface area (Å²) in [6.45, 7) is 2.32. The van der Waals surface area contributed by atoms with Gasteiger partial charge in [-0.2, -0.15) is 0 Å². The predicted octanol–water partition coefficient (Wildman–Crippen LogP) is 3.97. The quantitative estimate of drug-likeness (QED) is 0.554. The molecule has 1 aromatic rings. The highest BCUT2D eigenvalue weighted by atomic mass is 19.1. The first-order valence-electron chi connectivity index (χ1n) is 7.13. The van der Waals surface area contributed by atoms with E-state index in [9.17, 15) is 13.6 Å². The van der Waals surface area contributed by atoms with E-state index in [4.69, 9.17) is 10.5 Å². The number of halogens is 2. The smallest absolute Gasteiger partial charge is 0.254 e. The number of nitrogens with two attached hydrogens (primary N) is 1. The third-order valence-electron chi connectivity index (χ3n) is 3.03. The fourth-order valence-electron chi connectivity index (χ4n) is 1.88. The third-order valence-corrected chi connectivity index (χ3v) is 3.03. The molecule has 0 saturated carbocycles. The van der Waals surface area contributed by atoms with Crippen molar-refractivity contribution in [1.82, 2.24) is 0 Å². The van der Waals surface area contributed by atoms with Crippen LogP contribution in [0.15, 0.2) is 24.3 Å². The first kappa shape index (κ1) is 17.1. The summed E-state index contributed by atoms with van der Waals surface area (Å²) in [4.78, 5) is 11.0. The Kier molecular flexibility index (Phi) is 7.43. The Bertz CT molecular complexity index is 501. The van der Waals surface area contributed by atoms with Crippen molar-refractivity contribution >= 4 is 5.91 Å². The monoisotopic (exact) mass is 297 g/mol. The lowest BCUT2D eigenvalue weighted by Crippen LogP contribution is -2.16. The van der Waals surface area contributed by atoms with Gasteiger partial charge >= 0.3 is 0 Å². The van der Waals surface area contributed by atoms with Gasteiger partial charge in [-0.25, -0.2) is 8.78 Å². The first-order valence-corrected chi connectivity index (χ1v) is 7.13. The molecule has 0 spiro atoms. The molecular weight excluding hydrogens is 276 g/mol. The minimum absolute atomic E-state index is 0.161. The van der Waals surface area contributed by atoms with Gasteiger partial charge in [0.1, 0.15) is 18.0 Å². The van der Waals surface area contributed by atoms with Gasteiger partial charge in [0, 0.05) is 0 Å². The van der Waals surface area contributed by atoms with Crippen molar-refractivity contribution in [3.05, 3.63) is 41.5 Å². The second-order valence-electron chi connectivity index (χ2n) is 4.73. The number of ether oxygens (including phenoxy) is 1. The summed E-state index contributed by atoms with van der Waals surface area (Å²) >= 11 is 0. The molecule has 0 heterocycles. The summed E-state index contributed by atoms with van der Waals surface area (Å²) in [6.07, 6.45) is 9.41. The van der Waals surface area contributed by atoms with Gasteiger partial charge in [0.25, 0.3) is 5.91 Å². The maximum atomic E-state index is 13.8. The molecule has 1 amide bonds. The molecule has 5 heteroatoms. The summed E-state index contributed by atoms with van der Waals surface area (Å²) in [6, 6.07) is 2.11. The Morgan fingerprint density at radius 2 is 2.00 bits per heavy atom. The maximum Gasteiger partial charge on any atom is 0.254 e. The largest absolute Gasteiger partial charge is 0.486 e. The normalized spacial score (nSPS) is 11.0. The number of amides is 1. The molecule has 21 heavy (non-hydrogen) atoms. The topological polar surface area (TPSA) is 52.3 Å². The molecular formula is C16H21F2NO2. The molecule has 0 aliphatic rings. The summed E-state index contributed by atoms with van der Waals surface area (Å²) in [5.41, 5.74) is 4.16. The van der Waals surface area contributed by atoms with Gasteiger partial charge in [-0.05, 0) is 25.0 Å². The van der Waals surface area contributed by atoms with Crippen molar-refractivity contribution < 1.29 is 18.3 Å². The van der Waals surface area contributed by atoms with E-state index in [1.807, 2.05) is 6.08 Å². The van der Waals surface area contributed by atoms with Gasteiger partial charge in [0.15, 0.2) is 11.6 Å². The van der Waals surface area contributed by atoms with Gasteiger partial charge in [-0.1, -0.05) is 38.3 Å². The Balaban J connectivity index is 2.47. The second kappa shape index (κ2) is 9.10. The van der Waals surface area contributed by atoms with E-state index in [0.29, 0.717) is 0 Å². The van der Waals surface area contributed by atoms with E-state index in [-0.39, 0.29) is 12.4 Å². The summed E-state index contributed by atoms with van der Waals surface area (Å²) in [7, 11) is 0. The molecule has 0 unspecified atom stereocenters. The molecule has 0 fully saturated rings. The number of primary amides is 1. The van der Waals surface area contributed by atoms with E-state index < -0.39 is 23.1 Å². The van der Waals surface area contributed by atoms with E-state index in [2.05, 4.69) is 6.92 Å². The van der Waals surface area contributed by atoms with E-state index in [0.717, 1.165) is 25.0 Å². The molecule has 116 valence electrons. The van der Waals surface area contributed by atoms with E-state index in [1.54, 1.807) is 6.08 Å². The number of allylic oxidation sites excluding steroid dienone is 1. The maximum absolute atomic E-state index is 13.8. The van der Waals surface area contributed by atoms with Gasteiger partial charge in [-0.15, -0.1) is 0 Å². The molecule has 0 bridgehead atoms. The minimum Gasteiger partial charge on any atom is -0.486 e.